The summed E-state index contributed by atoms with van der Waals surface area (Å²) in [7, 11) is 0. The van der Waals surface area contributed by atoms with Gasteiger partial charge in [0.1, 0.15) is 0 Å². The Balaban J connectivity index is 1.86. The molecule has 2 aliphatic rings. The molecule has 6 heteroatoms. The highest BCUT2D eigenvalue weighted by atomic mass is 19.4. The maximum Gasteiger partial charge on any atom is 0.573 e. The van der Waals surface area contributed by atoms with Crippen LogP contribution in [0.15, 0.2) is 12.1 Å². The van der Waals surface area contributed by atoms with Crippen molar-refractivity contribution in [1.29, 1.82) is 0 Å². The normalized spacial score (nSPS) is 19.2. The van der Waals surface area contributed by atoms with Gasteiger partial charge in [-0.3, -0.25) is 0 Å². The lowest BCUT2D eigenvalue weighted by Crippen LogP contribution is -2.20. The lowest BCUT2D eigenvalue weighted by atomic mass is 9.81. The van der Waals surface area contributed by atoms with Crippen molar-refractivity contribution in [2.45, 2.75) is 51.0 Å². The minimum Gasteiger partial charge on any atom is -0.486 e. The number of alkyl halides is 3. The van der Waals surface area contributed by atoms with Crippen LogP contribution < -0.4 is 9.47 Å². The van der Waals surface area contributed by atoms with E-state index >= 15 is 0 Å². The van der Waals surface area contributed by atoms with Gasteiger partial charge < -0.3 is 9.47 Å². The van der Waals surface area contributed by atoms with E-state index in [2.05, 4.69) is 4.74 Å². The van der Waals surface area contributed by atoms with E-state index in [-0.39, 0.29) is 17.4 Å². The van der Waals surface area contributed by atoms with Crippen molar-refractivity contribution in [2.75, 3.05) is 0 Å². The lowest BCUT2D eigenvalue weighted by Gasteiger charge is -2.26. The SMILES string of the molecule is Fc1c(CC2CCC2)ccc(OC2CC2)c1OC(F)(F)F. The summed E-state index contributed by atoms with van der Waals surface area (Å²) in [4.78, 5) is 0. The molecule has 2 nitrogen and oxygen atoms in total. The standard InChI is InChI=1S/C15H16F4O2/c16-13-10(8-9-2-1-3-9)4-7-12(20-11-5-6-11)14(13)21-15(17,18)19/h4,7,9,11H,1-3,5-6,8H2. The van der Waals surface area contributed by atoms with Crippen molar-refractivity contribution in [1.82, 2.24) is 0 Å². The molecule has 0 aliphatic heterocycles. The van der Waals surface area contributed by atoms with E-state index in [4.69, 9.17) is 4.74 Å². The van der Waals surface area contributed by atoms with Crippen LogP contribution in [-0.4, -0.2) is 12.5 Å². The summed E-state index contributed by atoms with van der Waals surface area (Å²) in [6.07, 6.45) is 0.0261. The predicted molar refractivity (Wildman–Crippen MR) is 67.8 cm³/mol. The molecular formula is C15H16F4O2. The smallest absolute Gasteiger partial charge is 0.486 e. The van der Waals surface area contributed by atoms with Crippen LogP contribution in [-0.2, 0) is 6.42 Å². The Morgan fingerprint density at radius 3 is 2.33 bits per heavy atom. The van der Waals surface area contributed by atoms with E-state index in [0.717, 1.165) is 32.1 Å². The van der Waals surface area contributed by atoms with Gasteiger partial charge in [-0.05, 0) is 36.8 Å². The summed E-state index contributed by atoms with van der Waals surface area (Å²) in [5.41, 5.74) is 0.266. The zero-order valence-electron chi connectivity index (χ0n) is 11.4. The van der Waals surface area contributed by atoms with E-state index in [9.17, 15) is 17.6 Å². The molecule has 2 saturated carbocycles. The molecule has 0 spiro atoms. The van der Waals surface area contributed by atoms with Crippen LogP contribution in [0.1, 0.15) is 37.7 Å². The van der Waals surface area contributed by atoms with Crippen LogP contribution in [0.2, 0.25) is 0 Å². The van der Waals surface area contributed by atoms with Crippen LogP contribution in [0.5, 0.6) is 11.5 Å². The van der Waals surface area contributed by atoms with Gasteiger partial charge in [0.15, 0.2) is 11.6 Å². The van der Waals surface area contributed by atoms with Crippen molar-refractivity contribution in [2.24, 2.45) is 5.92 Å². The Morgan fingerprint density at radius 1 is 1.10 bits per heavy atom. The van der Waals surface area contributed by atoms with E-state index in [1.54, 1.807) is 0 Å². The highest BCUT2D eigenvalue weighted by Crippen LogP contribution is 2.41. The molecule has 2 aliphatic carbocycles. The first-order chi connectivity index (χ1) is 9.92. The van der Waals surface area contributed by atoms with Crippen LogP contribution in [0.3, 0.4) is 0 Å². The second kappa shape index (κ2) is 5.39. The van der Waals surface area contributed by atoms with Crippen molar-refractivity contribution in [3.05, 3.63) is 23.5 Å². The van der Waals surface area contributed by atoms with Gasteiger partial charge in [0.05, 0.1) is 6.10 Å². The number of ether oxygens (including phenoxy) is 2. The van der Waals surface area contributed by atoms with E-state index in [1.807, 2.05) is 0 Å². The van der Waals surface area contributed by atoms with Crippen LogP contribution >= 0.6 is 0 Å². The fraction of sp³-hybridized carbons (Fsp3) is 0.600. The molecule has 0 aromatic heterocycles. The fourth-order valence-corrected chi connectivity index (χ4v) is 2.41. The Kier molecular flexibility index (Phi) is 3.71. The first-order valence-electron chi connectivity index (χ1n) is 7.16. The van der Waals surface area contributed by atoms with E-state index in [0.29, 0.717) is 12.3 Å². The Hall–Kier alpha value is -1.46. The van der Waals surface area contributed by atoms with E-state index in [1.165, 1.54) is 12.1 Å². The molecule has 116 valence electrons. The monoisotopic (exact) mass is 304 g/mol. The highest BCUT2D eigenvalue weighted by molar-refractivity contribution is 5.45. The third-order valence-corrected chi connectivity index (χ3v) is 3.91. The molecule has 21 heavy (non-hydrogen) atoms. The van der Waals surface area contributed by atoms with Gasteiger partial charge in [0.25, 0.3) is 0 Å². The van der Waals surface area contributed by atoms with Crippen molar-refractivity contribution < 1.29 is 27.0 Å². The van der Waals surface area contributed by atoms with Gasteiger partial charge in [-0.25, -0.2) is 4.39 Å². The molecule has 0 radical (unpaired) electrons. The molecule has 0 amide bonds. The lowest BCUT2D eigenvalue weighted by molar-refractivity contribution is -0.276. The second-order valence-corrected chi connectivity index (χ2v) is 5.73. The Morgan fingerprint density at radius 2 is 1.81 bits per heavy atom. The highest BCUT2D eigenvalue weighted by Gasteiger charge is 2.36. The summed E-state index contributed by atoms with van der Waals surface area (Å²) in [6, 6.07) is 2.89. The average molecular weight is 304 g/mol. The minimum absolute atomic E-state index is 0.127. The van der Waals surface area contributed by atoms with Crippen LogP contribution in [0.4, 0.5) is 17.6 Å². The molecule has 0 atom stereocenters. The van der Waals surface area contributed by atoms with Gasteiger partial charge in [0.2, 0.25) is 5.75 Å². The zero-order valence-corrected chi connectivity index (χ0v) is 11.4. The maximum absolute atomic E-state index is 14.3. The number of hydrogen-bond acceptors (Lipinski definition) is 2. The molecule has 0 saturated heterocycles. The first kappa shape index (κ1) is 14.5. The number of hydrogen-bond donors (Lipinski definition) is 0. The third-order valence-electron chi connectivity index (χ3n) is 3.91. The largest absolute Gasteiger partial charge is 0.573 e. The van der Waals surface area contributed by atoms with E-state index < -0.39 is 17.9 Å². The van der Waals surface area contributed by atoms with Gasteiger partial charge in [0, 0.05) is 0 Å². The second-order valence-electron chi connectivity index (χ2n) is 5.73. The first-order valence-corrected chi connectivity index (χ1v) is 7.16. The molecular weight excluding hydrogens is 288 g/mol. The Labute approximate surface area is 120 Å². The fourth-order valence-electron chi connectivity index (χ4n) is 2.41. The molecule has 0 heterocycles. The average Bonchev–Trinajstić information content (AvgIpc) is 3.13. The third kappa shape index (κ3) is 3.60. The summed E-state index contributed by atoms with van der Waals surface area (Å²) in [5.74, 6) is -1.58. The van der Waals surface area contributed by atoms with Crippen LogP contribution in [0, 0.1) is 11.7 Å². The number of rotatable bonds is 5. The zero-order chi connectivity index (χ0) is 15.0. The Bertz CT molecular complexity index is 519. The molecule has 1 aromatic rings. The summed E-state index contributed by atoms with van der Waals surface area (Å²) < 4.78 is 61.0. The van der Waals surface area contributed by atoms with Gasteiger partial charge in [-0.2, -0.15) is 0 Å². The molecule has 3 rings (SSSR count). The van der Waals surface area contributed by atoms with Crippen molar-refractivity contribution >= 4 is 0 Å². The summed E-state index contributed by atoms with van der Waals surface area (Å²) >= 11 is 0. The molecule has 1 aromatic carbocycles. The molecule has 2 fully saturated rings. The minimum atomic E-state index is -4.93. The molecule has 0 unspecified atom stereocenters. The van der Waals surface area contributed by atoms with Crippen molar-refractivity contribution in [3.8, 4) is 11.5 Å². The predicted octanol–water partition coefficient (Wildman–Crippen LogP) is 4.61. The summed E-state index contributed by atoms with van der Waals surface area (Å²) in [5, 5.41) is 0. The maximum atomic E-state index is 14.3. The van der Waals surface area contributed by atoms with Crippen molar-refractivity contribution in [3.63, 3.8) is 0 Å². The molecule has 0 bridgehead atoms. The topological polar surface area (TPSA) is 18.5 Å². The molecule has 0 N–H and O–H groups in total. The van der Waals surface area contributed by atoms with Gasteiger partial charge in [-0.1, -0.05) is 25.3 Å². The summed E-state index contributed by atoms with van der Waals surface area (Å²) in [6.45, 7) is 0. The number of halogens is 4. The number of benzene rings is 1. The van der Waals surface area contributed by atoms with Gasteiger partial charge >= 0.3 is 6.36 Å². The quantitative estimate of drug-likeness (QED) is 0.740. The van der Waals surface area contributed by atoms with Gasteiger partial charge in [-0.15, -0.1) is 13.2 Å². The van der Waals surface area contributed by atoms with Crippen LogP contribution in [0.25, 0.3) is 0 Å².